The number of nitrogens with one attached hydrogen (secondary N) is 1. The SMILES string of the molecule is CCNc1cc(CN(CCO)Cc2ccccc2)ccc1[N+](=O)[O-]. The summed E-state index contributed by atoms with van der Waals surface area (Å²) in [6.45, 7) is 4.47. The monoisotopic (exact) mass is 329 g/mol. The molecule has 0 amide bonds. The van der Waals surface area contributed by atoms with Crippen molar-refractivity contribution < 1.29 is 10.0 Å². The normalized spacial score (nSPS) is 10.8. The molecule has 0 saturated heterocycles. The zero-order valence-electron chi connectivity index (χ0n) is 13.8. The van der Waals surface area contributed by atoms with Crippen LogP contribution in [-0.4, -0.2) is 34.6 Å². The number of aliphatic hydroxyl groups excluding tert-OH is 1. The number of hydrogen-bond donors (Lipinski definition) is 2. The maximum absolute atomic E-state index is 11.1. The van der Waals surface area contributed by atoms with Crippen molar-refractivity contribution in [1.82, 2.24) is 4.90 Å². The van der Waals surface area contributed by atoms with Crippen molar-refractivity contribution in [3.05, 3.63) is 69.8 Å². The lowest BCUT2D eigenvalue weighted by molar-refractivity contribution is -0.384. The molecule has 0 aromatic heterocycles. The molecule has 6 nitrogen and oxygen atoms in total. The largest absolute Gasteiger partial charge is 0.395 e. The second-order valence-corrected chi connectivity index (χ2v) is 5.56. The van der Waals surface area contributed by atoms with Crippen molar-refractivity contribution in [2.24, 2.45) is 0 Å². The van der Waals surface area contributed by atoms with Crippen LogP contribution in [0.5, 0.6) is 0 Å². The highest BCUT2D eigenvalue weighted by Crippen LogP contribution is 2.26. The van der Waals surface area contributed by atoms with Gasteiger partial charge in [-0.15, -0.1) is 0 Å². The molecule has 2 aromatic carbocycles. The van der Waals surface area contributed by atoms with Crippen LogP contribution in [0.4, 0.5) is 11.4 Å². The Labute approximate surface area is 141 Å². The van der Waals surface area contributed by atoms with Gasteiger partial charge in [-0.2, -0.15) is 0 Å². The van der Waals surface area contributed by atoms with Crippen molar-refractivity contribution in [3.8, 4) is 0 Å². The van der Waals surface area contributed by atoms with Crippen LogP contribution in [0.2, 0.25) is 0 Å². The fourth-order valence-electron chi connectivity index (χ4n) is 2.63. The fraction of sp³-hybridized carbons (Fsp3) is 0.333. The number of nitrogens with zero attached hydrogens (tertiary/aromatic N) is 2. The summed E-state index contributed by atoms with van der Waals surface area (Å²) in [4.78, 5) is 12.8. The van der Waals surface area contributed by atoms with Crippen molar-refractivity contribution in [1.29, 1.82) is 0 Å². The molecule has 0 aliphatic rings. The van der Waals surface area contributed by atoms with E-state index in [0.717, 1.165) is 12.1 Å². The van der Waals surface area contributed by atoms with Gasteiger partial charge in [0.1, 0.15) is 5.69 Å². The van der Waals surface area contributed by atoms with Crippen molar-refractivity contribution >= 4 is 11.4 Å². The molecule has 6 heteroatoms. The lowest BCUT2D eigenvalue weighted by Gasteiger charge is -2.22. The third kappa shape index (κ3) is 5.04. The highest BCUT2D eigenvalue weighted by molar-refractivity contribution is 5.62. The number of hydrogen-bond acceptors (Lipinski definition) is 5. The average Bonchev–Trinajstić information content (AvgIpc) is 2.56. The van der Waals surface area contributed by atoms with E-state index in [1.807, 2.05) is 43.3 Å². The Balaban J connectivity index is 2.16. The number of nitro groups is 1. The second kappa shape index (κ2) is 9.00. The molecule has 0 aliphatic heterocycles. The average molecular weight is 329 g/mol. The summed E-state index contributed by atoms with van der Waals surface area (Å²) >= 11 is 0. The van der Waals surface area contributed by atoms with Crippen molar-refractivity contribution in [2.75, 3.05) is 25.0 Å². The van der Waals surface area contributed by atoms with Gasteiger partial charge in [0.25, 0.3) is 5.69 Å². The molecule has 0 atom stereocenters. The van der Waals surface area contributed by atoms with E-state index in [2.05, 4.69) is 10.2 Å². The molecular weight excluding hydrogens is 306 g/mol. The molecule has 0 spiro atoms. The van der Waals surface area contributed by atoms with E-state index in [1.54, 1.807) is 6.07 Å². The summed E-state index contributed by atoms with van der Waals surface area (Å²) in [5.74, 6) is 0. The minimum absolute atomic E-state index is 0.0693. The molecular formula is C18H23N3O3. The van der Waals surface area contributed by atoms with Crippen LogP contribution < -0.4 is 5.32 Å². The highest BCUT2D eigenvalue weighted by Gasteiger charge is 2.15. The zero-order chi connectivity index (χ0) is 17.4. The van der Waals surface area contributed by atoms with Gasteiger partial charge in [0.15, 0.2) is 0 Å². The summed E-state index contributed by atoms with van der Waals surface area (Å²) in [5.41, 5.74) is 2.75. The lowest BCUT2D eigenvalue weighted by Crippen LogP contribution is -2.26. The second-order valence-electron chi connectivity index (χ2n) is 5.56. The van der Waals surface area contributed by atoms with Crippen LogP contribution >= 0.6 is 0 Å². The first-order valence-corrected chi connectivity index (χ1v) is 8.02. The van der Waals surface area contributed by atoms with Crippen LogP contribution in [0.1, 0.15) is 18.1 Å². The molecule has 0 fully saturated rings. The van der Waals surface area contributed by atoms with Crippen LogP contribution in [0, 0.1) is 10.1 Å². The summed E-state index contributed by atoms with van der Waals surface area (Å²) in [5, 5.41) is 23.4. The van der Waals surface area contributed by atoms with Crippen molar-refractivity contribution in [3.63, 3.8) is 0 Å². The first-order chi connectivity index (χ1) is 11.6. The fourth-order valence-corrected chi connectivity index (χ4v) is 2.63. The number of nitro benzene ring substituents is 1. The predicted octanol–water partition coefficient (Wildman–Crippen LogP) is 3.02. The number of aliphatic hydroxyl groups is 1. The first-order valence-electron chi connectivity index (χ1n) is 8.02. The molecule has 0 radical (unpaired) electrons. The molecule has 0 bridgehead atoms. The van der Waals surface area contributed by atoms with Crippen LogP contribution in [0.25, 0.3) is 0 Å². The number of benzene rings is 2. The molecule has 0 saturated carbocycles. The third-order valence-corrected chi connectivity index (χ3v) is 3.70. The van der Waals surface area contributed by atoms with Gasteiger partial charge in [-0.25, -0.2) is 0 Å². The highest BCUT2D eigenvalue weighted by atomic mass is 16.6. The summed E-state index contributed by atoms with van der Waals surface area (Å²) < 4.78 is 0. The van der Waals surface area contributed by atoms with Gasteiger partial charge >= 0.3 is 0 Å². The van der Waals surface area contributed by atoms with Gasteiger partial charge in [-0.1, -0.05) is 36.4 Å². The van der Waals surface area contributed by atoms with E-state index in [0.29, 0.717) is 25.3 Å². The quantitative estimate of drug-likeness (QED) is 0.546. The topological polar surface area (TPSA) is 78.6 Å². The Bertz CT molecular complexity index is 662. The summed E-state index contributed by atoms with van der Waals surface area (Å²) in [6, 6.07) is 15.2. The van der Waals surface area contributed by atoms with Gasteiger partial charge in [0.05, 0.1) is 11.5 Å². The first kappa shape index (κ1) is 17.9. The molecule has 0 unspecified atom stereocenters. The lowest BCUT2D eigenvalue weighted by atomic mass is 10.1. The van der Waals surface area contributed by atoms with E-state index in [4.69, 9.17) is 0 Å². The van der Waals surface area contributed by atoms with Gasteiger partial charge in [-0.05, 0) is 24.1 Å². The molecule has 2 N–H and O–H groups in total. The van der Waals surface area contributed by atoms with E-state index in [1.165, 1.54) is 11.6 Å². The molecule has 0 aliphatic carbocycles. The van der Waals surface area contributed by atoms with E-state index >= 15 is 0 Å². The standard InChI is InChI=1S/C18H23N3O3/c1-2-19-17-12-16(8-9-18(17)21(23)24)14-20(10-11-22)13-15-6-4-3-5-7-15/h3-9,12,19,22H,2,10-11,13-14H2,1H3. The van der Waals surface area contributed by atoms with E-state index in [9.17, 15) is 15.2 Å². The van der Waals surface area contributed by atoms with Crippen molar-refractivity contribution in [2.45, 2.75) is 20.0 Å². The number of anilines is 1. The molecule has 24 heavy (non-hydrogen) atoms. The maximum Gasteiger partial charge on any atom is 0.292 e. The minimum Gasteiger partial charge on any atom is -0.395 e. The molecule has 2 rings (SSSR count). The summed E-state index contributed by atoms with van der Waals surface area (Å²) in [6.07, 6.45) is 0. The molecule has 2 aromatic rings. The minimum atomic E-state index is -0.378. The van der Waals surface area contributed by atoms with Gasteiger partial charge in [-0.3, -0.25) is 15.0 Å². The zero-order valence-corrected chi connectivity index (χ0v) is 13.8. The Morgan fingerprint density at radius 3 is 2.46 bits per heavy atom. The van der Waals surface area contributed by atoms with Gasteiger partial charge in [0.2, 0.25) is 0 Å². The van der Waals surface area contributed by atoms with E-state index < -0.39 is 0 Å². The Kier molecular flexibility index (Phi) is 6.72. The number of rotatable bonds is 9. The smallest absolute Gasteiger partial charge is 0.292 e. The Hall–Kier alpha value is -2.44. The van der Waals surface area contributed by atoms with Gasteiger partial charge in [0, 0.05) is 32.2 Å². The molecule has 128 valence electrons. The van der Waals surface area contributed by atoms with Crippen LogP contribution in [-0.2, 0) is 13.1 Å². The predicted molar refractivity (Wildman–Crippen MR) is 94.9 cm³/mol. The summed E-state index contributed by atoms with van der Waals surface area (Å²) in [7, 11) is 0. The van der Waals surface area contributed by atoms with Gasteiger partial charge < -0.3 is 10.4 Å². The Morgan fingerprint density at radius 1 is 1.12 bits per heavy atom. The Morgan fingerprint density at radius 2 is 1.83 bits per heavy atom. The van der Waals surface area contributed by atoms with Crippen LogP contribution in [0.3, 0.4) is 0 Å². The maximum atomic E-state index is 11.1. The molecule has 0 heterocycles. The van der Waals surface area contributed by atoms with Crippen LogP contribution in [0.15, 0.2) is 48.5 Å². The third-order valence-electron chi connectivity index (χ3n) is 3.70. The van der Waals surface area contributed by atoms with E-state index in [-0.39, 0.29) is 17.2 Å².